The van der Waals surface area contributed by atoms with Crippen LogP contribution in [0.3, 0.4) is 0 Å². The van der Waals surface area contributed by atoms with E-state index in [-0.39, 0.29) is 31.1 Å². The number of ether oxygens (including phenoxy) is 2. The minimum atomic E-state index is -3.72. The van der Waals surface area contributed by atoms with E-state index in [0.717, 1.165) is 23.6 Å². The fourth-order valence-corrected chi connectivity index (χ4v) is 6.41. The van der Waals surface area contributed by atoms with Gasteiger partial charge in [0.1, 0.15) is 23.4 Å². The molecule has 1 saturated heterocycles. The molecule has 0 aliphatic carbocycles. The van der Waals surface area contributed by atoms with Crippen LogP contribution in [0.15, 0.2) is 60.7 Å². The molecule has 1 fully saturated rings. The highest BCUT2D eigenvalue weighted by atomic mass is 31.2. The van der Waals surface area contributed by atoms with Crippen LogP contribution in [-0.2, 0) is 13.6 Å². The standard InChI is InChI=1S/C28H36N5O5P/c1-3-35-39(34,36-4-2)27(38-25-12-7-19-5-6-21(26(29)30)17-22(19)18-25)20-8-10-23(11-9-20)37-24-13-15-33(16-14-24)28(31)32/h5-12,17-18,24,27H,3-4,13-16H2,1-2H3,(H3,29,30)(H3,31,32). The number of nitrogens with one attached hydrogen (secondary N) is 2. The summed E-state index contributed by atoms with van der Waals surface area (Å²) in [5.74, 6) is 0.209. The summed E-state index contributed by atoms with van der Waals surface area (Å²) in [6.45, 7) is 5.26. The first kappa shape index (κ1) is 28.4. The Kier molecular flexibility index (Phi) is 9.12. The van der Waals surface area contributed by atoms with Crippen LogP contribution in [0, 0.1) is 10.8 Å². The molecule has 0 radical (unpaired) electrons. The molecule has 6 N–H and O–H groups in total. The third-order valence-corrected chi connectivity index (χ3v) is 8.74. The molecular formula is C28H36N5O5P. The lowest BCUT2D eigenvalue weighted by Crippen LogP contribution is -2.44. The minimum absolute atomic E-state index is 0.0222. The Hall–Kier alpha value is -3.59. The first-order chi connectivity index (χ1) is 18.7. The van der Waals surface area contributed by atoms with E-state index in [0.29, 0.717) is 35.7 Å². The van der Waals surface area contributed by atoms with Crippen LogP contribution in [-0.4, -0.2) is 49.1 Å². The number of piperidine rings is 1. The Balaban J connectivity index is 1.59. The molecule has 0 saturated carbocycles. The van der Waals surface area contributed by atoms with Crippen molar-refractivity contribution in [3.05, 3.63) is 71.8 Å². The summed E-state index contributed by atoms with van der Waals surface area (Å²) in [6.07, 6.45) is 1.56. The number of hydrogen-bond acceptors (Lipinski definition) is 7. The van der Waals surface area contributed by atoms with Gasteiger partial charge in [0, 0.05) is 37.1 Å². The Bertz CT molecular complexity index is 1350. The van der Waals surface area contributed by atoms with Crippen molar-refractivity contribution >= 4 is 30.2 Å². The second-order valence-electron chi connectivity index (χ2n) is 9.24. The molecule has 1 unspecified atom stereocenters. The van der Waals surface area contributed by atoms with Crippen LogP contribution in [0.4, 0.5) is 0 Å². The molecule has 0 aromatic heterocycles. The maximum absolute atomic E-state index is 13.9. The maximum Gasteiger partial charge on any atom is 0.375 e. The van der Waals surface area contributed by atoms with E-state index in [1.54, 1.807) is 26.0 Å². The zero-order valence-corrected chi connectivity index (χ0v) is 23.2. The molecule has 10 nitrogen and oxygen atoms in total. The summed E-state index contributed by atoms with van der Waals surface area (Å²) in [6, 6.07) is 18.3. The predicted octanol–water partition coefficient (Wildman–Crippen LogP) is 5.20. The summed E-state index contributed by atoms with van der Waals surface area (Å²) < 4.78 is 37.8. The van der Waals surface area contributed by atoms with Gasteiger partial charge in [-0.25, -0.2) is 0 Å². The molecule has 3 aromatic rings. The van der Waals surface area contributed by atoms with Crippen molar-refractivity contribution in [2.75, 3.05) is 26.3 Å². The normalized spacial score (nSPS) is 15.2. The van der Waals surface area contributed by atoms with Crippen LogP contribution in [0.25, 0.3) is 10.8 Å². The van der Waals surface area contributed by atoms with Gasteiger partial charge in [-0.3, -0.25) is 15.4 Å². The summed E-state index contributed by atoms with van der Waals surface area (Å²) in [5, 5.41) is 17.1. The van der Waals surface area contributed by atoms with Crippen LogP contribution in [0.1, 0.15) is 43.7 Å². The highest BCUT2D eigenvalue weighted by Gasteiger charge is 2.39. The molecule has 1 aliphatic heterocycles. The van der Waals surface area contributed by atoms with E-state index in [4.69, 9.17) is 40.8 Å². The quantitative estimate of drug-likeness (QED) is 0.143. The van der Waals surface area contributed by atoms with Gasteiger partial charge in [-0.15, -0.1) is 0 Å². The maximum atomic E-state index is 13.9. The Labute approximate surface area is 228 Å². The number of amidine groups is 1. The number of nitrogens with two attached hydrogens (primary N) is 2. The highest BCUT2D eigenvalue weighted by molar-refractivity contribution is 7.54. The average Bonchev–Trinajstić information content (AvgIpc) is 2.92. The van der Waals surface area contributed by atoms with Gasteiger partial charge in [0.25, 0.3) is 0 Å². The molecule has 0 spiro atoms. The van der Waals surface area contributed by atoms with Gasteiger partial charge < -0.3 is 34.9 Å². The van der Waals surface area contributed by atoms with Gasteiger partial charge >= 0.3 is 7.60 Å². The first-order valence-corrected chi connectivity index (χ1v) is 14.6. The van der Waals surface area contributed by atoms with Gasteiger partial charge in [-0.2, -0.15) is 0 Å². The van der Waals surface area contributed by atoms with Crippen molar-refractivity contribution in [2.24, 2.45) is 11.5 Å². The molecule has 208 valence electrons. The number of rotatable bonds is 11. The minimum Gasteiger partial charge on any atom is -0.490 e. The van der Waals surface area contributed by atoms with E-state index in [2.05, 4.69) is 0 Å². The van der Waals surface area contributed by atoms with Crippen LogP contribution in [0.2, 0.25) is 0 Å². The SMILES string of the molecule is CCOP(=O)(OCC)C(Oc1ccc2ccc(C(=N)N)cc2c1)c1ccc(OC2CCN(C(=N)N)CC2)cc1. The van der Waals surface area contributed by atoms with Gasteiger partial charge in [0.05, 0.1) is 13.2 Å². The smallest absolute Gasteiger partial charge is 0.375 e. The second-order valence-corrected chi connectivity index (χ2v) is 11.3. The monoisotopic (exact) mass is 553 g/mol. The van der Waals surface area contributed by atoms with Gasteiger partial charge in [0.15, 0.2) is 5.96 Å². The van der Waals surface area contributed by atoms with Crippen molar-refractivity contribution in [2.45, 2.75) is 38.6 Å². The number of nitrogen functional groups attached to an aromatic ring is 1. The number of guanidine groups is 1. The third-order valence-electron chi connectivity index (χ3n) is 6.53. The summed E-state index contributed by atoms with van der Waals surface area (Å²) in [7, 11) is -3.72. The van der Waals surface area contributed by atoms with Gasteiger partial charge in [-0.05, 0) is 55.0 Å². The third kappa shape index (κ3) is 6.89. The zero-order valence-electron chi connectivity index (χ0n) is 22.3. The zero-order chi connectivity index (χ0) is 28.0. The Morgan fingerprint density at radius 1 is 0.923 bits per heavy atom. The lowest BCUT2D eigenvalue weighted by Gasteiger charge is -2.32. The van der Waals surface area contributed by atoms with Crippen LogP contribution < -0.4 is 20.9 Å². The van der Waals surface area contributed by atoms with E-state index in [1.807, 2.05) is 53.4 Å². The molecule has 4 rings (SSSR count). The van der Waals surface area contributed by atoms with Crippen molar-refractivity contribution in [1.82, 2.24) is 4.90 Å². The van der Waals surface area contributed by atoms with E-state index in [1.165, 1.54) is 0 Å². The number of nitrogens with zero attached hydrogens (tertiary/aromatic N) is 1. The van der Waals surface area contributed by atoms with Crippen LogP contribution >= 0.6 is 7.60 Å². The number of hydrogen-bond donors (Lipinski definition) is 4. The van der Waals surface area contributed by atoms with E-state index < -0.39 is 13.4 Å². The second kappa shape index (κ2) is 12.5. The van der Waals surface area contributed by atoms with Crippen molar-refractivity contribution in [3.8, 4) is 11.5 Å². The number of likely N-dealkylation sites (tertiary alicyclic amines) is 1. The fraction of sp³-hybridized carbons (Fsp3) is 0.357. The molecule has 0 bridgehead atoms. The fourth-order valence-electron chi connectivity index (χ4n) is 4.56. The molecule has 1 heterocycles. The number of benzene rings is 3. The molecule has 39 heavy (non-hydrogen) atoms. The number of fused-ring (bicyclic) bond motifs is 1. The first-order valence-electron chi connectivity index (χ1n) is 13.0. The van der Waals surface area contributed by atoms with E-state index in [9.17, 15) is 4.57 Å². The summed E-state index contributed by atoms with van der Waals surface area (Å²) >= 11 is 0. The lowest BCUT2D eigenvalue weighted by molar-refractivity contribution is 0.130. The molecule has 11 heteroatoms. The largest absolute Gasteiger partial charge is 0.490 e. The van der Waals surface area contributed by atoms with E-state index >= 15 is 0 Å². The van der Waals surface area contributed by atoms with Gasteiger partial charge in [-0.1, -0.05) is 30.3 Å². The lowest BCUT2D eigenvalue weighted by atomic mass is 10.1. The molecule has 3 aromatic carbocycles. The Morgan fingerprint density at radius 2 is 1.54 bits per heavy atom. The van der Waals surface area contributed by atoms with Crippen molar-refractivity contribution in [1.29, 1.82) is 10.8 Å². The van der Waals surface area contributed by atoms with Crippen LogP contribution in [0.5, 0.6) is 11.5 Å². The van der Waals surface area contributed by atoms with Gasteiger partial charge in [0.2, 0.25) is 5.85 Å². The average molecular weight is 554 g/mol. The summed E-state index contributed by atoms with van der Waals surface area (Å²) in [4.78, 5) is 1.83. The topological polar surface area (TPSA) is 157 Å². The molecule has 1 aliphatic rings. The molecule has 1 atom stereocenters. The molecular weight excluding hydrogens is 517 g/mol. The van der Waals surface area contributed by atoms with Crippen molar-refractivity contribution < 1.29 is 23.1 Å². The Morgan fingerprint density at radius 3 is 2.13 bits per heavy atom. The van der Waals surface area contributed by atoms with Crippen molar-refractivity contribution in [3.63, 3.8) is 0 Å². The molecule has 0 amide bonds. The summed E-state index contributed by atoms with van der Waals surface area (Å²) in [5.41, 5.74) is 12.5. The predicted molar refractivity (Wildman–Crippen MR) is 153 cm³/mol. The highest BCUT2D eigenvalue weighted by Crippen LogP contribution is 2.61.